The molecule has 0 bridgehead atoms. The van der Waals surface area contributed by atoms with E-state index in [2.05, 4.69) is 18.5 Å². The Morgan fingerprint density at radius 2 is 2.13 bits per heavy atom. The fourth-order valence-electron chi connectivity index (χ4n) is 1.37. The van der Waals surface area contributed by atoms with Gasteiger partial charge >= 0.3 is 0 Å². The number of carbonyl (C=O) groups is 1. The van der Waals surface area contributed by atoms with Gasteiger partial charge in [-0.15, -0.1) is 13.2 Å². The minimum atomic E-state index is -0.0452. The summed E-state index contributed by atoms with van der Waals surface area (Å²) < 4.78 is 5.39. The Hall–Kier alpha value is -1.77. The van der Waals surface area contributed by atoms with Crippen molar-refractivity contribution in [1.82, 2.24) is 5.32 Å². The number of hydrogen-bond acceptors (Lipinski definition) is 2. The third kappa shape index (κ3) is 2.59. The Labute approximate surface area is 89.8 Å². The molecule has 1 amide bonds. The van der Waals surface area contributed by atoms with Crippen molar-refractivity contribution in [2.24, 2.45) is 0 Å². The third-order valence-corrected chi connectivity index (χ3v) is 2.02. The van der Waals surface area contributed by atoms with E-state index < -0.39 is 0 Å². The van der Waals surface area contributed by atoms with Crippen LogP contribution in [0.4, 0.5) is 0 Å². The van der Waals surface area contributed by atoms with Gasteiger partial charge in [0.15, 0.2) is 0 Å². The van der Waals surface area contributed by atoms with Gasteiger partial charge in [0.2, 0.25) is 0 Å². The van der Waals surface area contributed by atoms with Crippen molar-refractivity contribution in [1.29, 1.82) is 0 Å². The SMILES string of the molecule is C=C.Cc1ccc2c(c1)C(=O)NCCO2. The standard InChI is InChI=1S/C10H11NO2.C2H4/c1-7-2-3-9-8(6-7)10(12)11-4-5-13-9;1-2/h2-3,6H,4-5H2,1H3,(H,11,12);1-2H2. The molecule has 0 saturated heterocycles. The smallest absolute Gasteiger partial charge is 0.255 e. The average molecular weight is 205 g/mol. The van der Waals surface area contributed by atoms with Crippen LogP contribution in [0.3, 0.4) is 0 Å². The number of hydrogen-bond donors (Lipinski definition) is 1. The molecule has 0 atom stereocenters. The molecule has 0 aromatic heterocycles. The molecule has 2 rings (SSSR count). The van der Waals surface area contributed by atoms with E-state index >= 15 is 0 Å². The molecule has 1 N–H and O–H groups in total. The summed E-state index contributed by atoms with van der Waals surface area (Å²) >= 11 is 0. The number of rotatable bonds is 0. The normalized spacial score (nSPS) is 13.5. The molecule has 1 aliphatic rings. The summed E-state index contributed by atoms with van der Waals surface area (Å²) in [6, 6.07) is 5.63. The monoisotopic (exact) mass is 205 g/mol. The van der Waals surface area contributed by atoms with Crippen molar-refractivity contribution >= 4 is 5.91 Å². The number of amides is 1. The van der Waals surface area contributed by atoms with E-state index in [4.69, 9.17) is 4.74 Å². The molecule has 3 nitrogen and oxygen atoms in total. The van der Waals surface area contributed by atoms with Crippen LogP contribution in [-0.2, 0) is 0 Å². The van der Waals surface area contributed by atoms with Crippen LogP contribution in [0.15, 0.2) is 31.4 Å². The lowest BCUT2D eigenvalue weighted by Gasteiger charge is -2.04. The molecular weight excluding hydrogens is 190 g/mol. The van der Waals surface area contributed by atoms with Gasteiger partial charge in [-0.25, -0.2) is 0 Å². The number of benzene rings is 1. The Morgan fingerprint density at radius 3 is 2.87 bits per heavy atom. The second kappa shape index (κ2) is 5.20. The Kier molecular flexibility index (Phi) is 3.92. The van der Waals surface area contributed by atoms with Crippen LogP contribution in [0.25, 0.3) is 0 Å². The highest BCUT2D eigenvalue weighted by molar-refractivity contribution is 5.97. The maximum absolute atomic E-state index is 11.5. The molecular formula is C12H15NO2. The van der Waals surface area contributed by atoms with E-state index in [1.54, 1.807) is 0 Å². The second-order valence-corrected chi connectivity index (χ2v) is 3.10. The minimum absolute atomic E-state index is 0.0452. The van der Waals surface area contributed by atoms with Crippen LogP contribution in [0.5, 0.6) is 5.75 Å². The summed E-state index contributed by atoms with van der Waals surface area (Å²) in [7, 11) is 0. The second-order valence-electron chi connectivity index (χ2n) is 3.10. The highest BCUT2D eigenvalue weighted by Gasteiger charge is 2.15. The van der Waals surface area contributed by atoms with Crippen molar-refractivity contribution < 1.29 is 9.53 Å². The minimum Gasteiger partial charge on any atom is -0.491 e. The van der Waals surface area contributed by atoms with Crippen LogP contribution in [0, 0.1) is 6.92 Å². The highest BCUT2D eigenvalue weighted by atomic mass is 16.5. The molecule has 3 heteroatoms. The van der Waals surface area contributed by atoms with Gasteiger partial charge in [-0.3, -0.25) is 4.79 Å². The molecule has 15 heavy (non-hydrogen) atoms. The molecule has 1 aromatic carbocycles. The molecule has 1 aromatic rings. The lowest BCUT2D eigenvalue weighted by Crippen LogP contribution is -2.24. The number of fused-ring (bicyclic) bond motifs is 1. The summed E-state index contributed by atoms with van der Waals surface area (Å²) in [5.74, 6) is 0.636. The van der Waals surface area contributed by atoms with Crippen molar-refractivity contribution in [3.05, 3.63) is 42.5 Å². The van der Waals surface area contributed by atoms with Crippen molar-refractivity contribution in [2.75, 3.05) is 13.2 Å². The quantitative estimate of drug-likeness (QED) is 0.657. The van der Waals surface area contributed by atoms with E-state index in [9.17, 15) is 4.79 Å². The molecule has 0 fully saturated rings. The van der Waals surface area contributed by atoms with Gasteiger partial charge in [-0.2, -0.15) is 0 Å². The highest BCUT2D eigenvalue weighted by Crippen LogP contribution is 2.20. The van der Waals surface area contributed by atoms with Gasteiger partial charge in [0.1, 0.15) is 12.4 Å². The van der Waals surface area contributed by atoms with Crippen molar-refractivity contribution in [2.45, 2.75) is 6.92 Å². The zero-order valence-corrected chi connectivity index (χ0v) is 8.88. The molecule has 80 valence electrons. The molecule has 1 aliphatic heterocycles. The van der Waals surface area contributed by atoms with Crippen molar-refractivity contribution in [3.8, 4) is 5.75 Å². The summed E-state index contributed by atoms with van der Waals surface area (Å²) in [5.41, 5.74) is 1.71. The summed E-state index contributed by atoms with van der Waals surface area (Å²) in [4.78, 5) is 11.5. The van der Waals surface area contributed by atoms with Crippen molar-refractivity contribution in [3.63, 3.8) is 0 Å². The molecule has 0 unspecified atom stereocenters. The third-order valence-electron chi connectivity index (χ3n) is 2.02. The predicted molar refractivity (Wildman–Crippen MR) is 60.3 cm³/mol. The first kappa shape index (κ1) is 11.3. The predicted octanol–water partition coefficient (Wildman–Crippen LogP) is 1.92. The van der Waals surface area contributed by atoms with Gasteiger partial charge < -0.3 is 10.1 Å². The largest absolute Gasteiger partial charge is 0.491 e. The number of ether oxygens (including phenoxy) is 1. The van der Waals surface area contributed by atoms with Gasteiger partial charge in [0.05, 0.1) is 12.1 Å². The first-order valence-electron chi connectivity index (χ1n) is 4.79. The van der Waals surface area contributed by atoms with Gasteiger partial charge in [-0.1, -0.05) is 11.6 Å². The Balaban J connectivity index is 0.000000531. The maximum atomic E-state index is 11.5. The zero-order chi connectivity index (χ0) is 11.3. The summed E-state index contributed by atoms with van der Waals surface area (Å²) in [6.07, 6.45) is 0. The maximum Gasteiger partial charge on any atom is 0.255 e. The number of nitrogens with one attached hydrogen (secondary N) is 1. The van der Waals surface area contributed by atoms with Crippen LogP contribution >= 0.6 is 0 Å². The van der Waals surface area contributed by atoms with Gasteiger partial charge in [-0.05, 0) is 19.1 Å². The number of carbonyl (C=O) groups excluding carboxylic acids is 1. The lowest BCUT2D eigenvalue weighted by molar-refractivity contribution is 0.0957. The molecule has 1 heterocycles. The first-order chi connectivity index (χ1) is 7.27. The van der Waals surface area contributed by atoms with Crippen LogP contribution < -0.4 is 10.1 Å². The van der Waals surface area contributed by atoms with Crippen LogP contribution in [0.1, 0.15) is 15.9 Å². The first-order valence-corrected chi connectivity index (χ1v) is 4.79. The van der Waals surface area contributed by atoms with Gasteiger partial charge in [0, 0.05) is 0 Å². The van der Waals surface area contributed by atoms with E-state index in [-0.39, 0.29) is 5.91 Å². The van der Waals surface area contributed by atoms with E-state index in [0.717, 1.165) is 5.56 Å². The van der Waals surface area contributed by atoms with E-state index in [0.29, 0.717) is 24.5 Å². The Bertz CT molecular complexity index is 361. The molecule has 0 saturated carbocycles. The Morgan fingerprint density at radius 1 is 1.40 bits per heavy atom. The topological polar surface area (TPSA) is 38.3 Å². The zero-order valence-electron chi connectivity index (χ0n) is 8.88. The molecule has 0 radical (unpaired) electrons. The van der Waals surface area contributed by atoms with Gasteiger partial charge in [0.25, 0.3) is 5.91 Å². The summed E-state index contributed by atoms with van der Waals surface area (Å²) in [5, 5.41) is 2.76. The fraction of sp³-hybridized carbons (Fsp3) is 0.250. The van der Waals surface area contributed by atoms with Crippen LogP contribution in [-0.4, -0.2) is 19.1 Å². The average Bonchev–Trinajstić information content (AvgIpc) is 2.44. The molecule has 0 spiro atoms. The van der Waals surface area contributed by atoms with Crippen LogP contribution in [0.2, 0.25) is 0 Å². The van der Waals surface area contributed by atoms with E-state index in [1.165, 1.54) is 0 Å². The molecule has 0 aliphatic carbocycles. The summed E-state index contributed by atoms with van der Waals surface area (Å²) in [6.45, 7) is 9.08. The fourth-order valence-corrected chi connectivity index (χ4v) is 1.37. The van der Waals surface area contributed by atoms with E-state index in [1.807, 2.05) is 25.1 Å². The number of aryl methyl sites for hydroxylation is 1. The lowest BCUT2D eigenvalue weighted by atomic mass is 10.1.